The lowest BCUT2D eigenvalue weighted by atomic mass is 9.94. The second-order valence-electron chi connectivity index (χ2n) is 8.10. The van der Waals surface area contributed by atoms with E-state index in [1.807, 2.05) is 0 Å². The molecule has 11 heteroatoms. The monoisotopic (exact) mass is 514 g/mol. The highest BCUT2D eigenvalue weighted by molar-refractivity contribution is 6.15. The highest BCUT2D eigenvalue weighted by Gasteiger charge is 2.34. The maximum atomic E-state index is 14.0. The molecular formula is C26H21F3N2O6. The number of aryl methyl sites for hydroxylation is 1. The van der Waals surface area contributed by atoms with Gasteiger partial charge in [0.15, 0.2) is 5.78 Å². The van der Waals surface area contributed by atoms with Crippen LogP contribution in [0.4, 0.5) is 24.5 Å². The maximum absolute atomic E-state index is 14.0. The van der Waals surface area contributed by atoms with Crippen LogP contribution < -0.4 is 10.6 Å². The third kappa shape index (κ3) is 5.61. The summed E-state index contributed by atoms with van der Waals surface area (Å²) in [5, 5.41) is 23.9. The van der Waals surface area contributed by atoms with E-state index >= 15 is 0 Å². The molecule has 0 saturated carbocycles. The molecule has 0 spiro atoms. The lowest BCUT2D eigenvalue weighted by Crippen LogP contribution is -2.20. The number of carboxylic acids is 2. The Morgan fingerprint density at radius 2 is 1.30 bits per heavy atom. The topological polar surface area (TPSA) is 133 Å². The summed E-state index contributed by atoms with van der Waals surface area (Å²) < 4.78 is 42.0. The number of carbonyl (C=O) groups excluding carboxylic acids is 2. The fraction of sp³-hybridized carbons (Fsp3) is 0.154. The summed E-state index contributed by atoms with van der Waals surface area (Å²) in [6.07, 6.45) is -4.79. The Morgan fingerprint density at radius 3 is 1.81 bits per heavy atom. The molecule has 0 bridgehead atoms. The van der Waals surface area contributed by atoms with Gasteiger partial charge >= 0.3 is 18.1 Å². The molecule has 0 radical (unpaired) electrons. The maximum Gasteiger partial charge on any atom is 0.417 e. The van der Waals surface area contributed by atoms with Crippen LogP contribution in [0, 0.1) is 6.92 Å². The Labute approximate surface area is 208 Å². The first-order valence-electron chi connectivity index (χ1n) is 10.7. The van der Waals surface area contributed by atoms with Gasteiger partial charge in [0.05, 0.1) is 22.3 Å². The van der Waals surface area contributed by atoms with Gasteiger partial charge < -0.3 is 20.8 Å². The van der Waals surface area contributed by atoms with Crippen molar-refractivity contribution in [2.45, 2.75) is 20.0 Å². The third-order valence-electron chi connectivity index (χ3n) is 5.63. The minimum absolute atomic E-state index is 0.124. The number of carbonyl (C=O) groups is 4. The molecule has 1 amide bonds. The first kappa shape index (κ1) is 26.9. The molecule has 0 aliphatic heterocycles. The van der Waals surface area contributed by atoms with Gasteiger partial charge in [-0.3, -0.25) is 9.59 Å². The van der Waals surface area contributed by atoms with Gasteiger partial charge in [0.25, 0.3) is 5.91 Å². The van der Waals surface area contributed by atoms with E-state index in [0.717, 1.165) is 19.1 Å². The fourth-order valence-electron chi connectivity index (χ4n) is 3.84. The second kappa shape index (κ2) is 10.1. The van der Waals surface area contributed by atoms with Crippen LogP contribution in [0.15, 0.2) is 48.5 Å². The molecule has 37 heavy (non-hydrogen) atoms. The van der Waals surface area contributed by atoms with Crippen molar-refractivity contribution in [3.05, 3.63) is 81.9 Å². The zero-order valence-electron chi connectivity index (χ0n) is 19.8. The van der Waals surface area contributed by atoms with Crippen molar-refractivity contribution in [2.75, 3.05) is 17.7 Å². The number of rotatable bonds is 7. The zero-order valence-corrected chi connectivity index (χ0v) is 19.8. The number of carboxylic acid groups (broad SMARTS) is 2. The number of Topliss-reactive ketones (excluding diaryl/α,β-unsaturated/α-hetero) is 1. The van der Waals surface area contributed by atoms with E-state index in [-0.39, 0.29) is 11.3 Å². The second-order valence-corrected chi connectivity index (χ2v) is 8.10. The molecule has 0 aliphatic carbocycles. The van der Waals surface area contributed by atoms with Crippen LogP contribution in [0.5, 0.6) is 0 Å². The molecule has 4 N–H and O–H groups in total. The average molecular weight is 514 g/mol. The van der Waals surface area contributed by atoms with Crippen LogP contribution in [0.25, 0.3) is 11.1 Å². The molecule has 3 aromatic rings. The number of anilines is 2. The van der Waals surface area contributed by atoms with E-state index in [0.29, 0.717) is 22.9 Å². The van der Waals surface area contributed by atoms with Crippen LogP contribution in [0.1, 0.15) is 59.5 Å². The largest absolute Gasteiger partial charge is 0.478 e. The first-order valence-corrected chi connectivity index (χ1v) is 10.7. The van der Waals surface area contributed by atoms with Gasteiger partial charge in [-0.15, -0.1) is 0 Å². The Kier molecular flexibility index (Phi) is 7.37. The predicted molar refractivity (Wildman–Crippen MR) is 129 cm³/mol. The molecule has 0 unspecified atom stereocenters. The minimum atomic E-state index is -4.79. The smallest absolute Gasteiger partial charge is 0.417 e. The summed E-state index contributed by atoms with van der Waals surface area (Å²) in [6.45, 7) is 2.69. The van der Waals surface area contributed by atoms with E-state index in [1.165, 1.54) is 18.2 Å². The van der Waals surface area contributed by atoms with Crippen molar-refractivity contribution in [1.82, 2.24) is 0 Å². The number of ketones is 1. The molecule has 0 aromatic heterocycles. The van der Waals surface area contributed by atoms with Crippen molar-refractivity contribution in [3.8, 4) is 11.1 Å². The molecule has 0 aliphatic rings. The van der Waals surface area contributed by atoms with Crippen LogP contribution in [0.2, 0.25) is 0 Å². The van der Waals surface area contributed by atoms with E-state index in [4.69, 9.17) is 0 Å². The van der Waals surface area contributed by atoms with Crippen molar-refractivity contribution < 1.29 is 42.6 Å². The standard InChI is InChI=1S/C26H21F3N2O6/c1-12-8-14(30-3)4-6-16(12)17-7-5-15(9-22(17)26(27,28)29)31-23(33)19-10-18(13(2)32)20(24(34)35)11-21(19)25(36)37/h4-11,30H,1-3H3,(H,31,33)(H,34,35)(H,36,37). The average Bonchev–Trinajstić information content (AvgIpc) is 2.82. The normalized spacial score (nSPS) is 11.1. The number of nitrogens with one attached hydrogen (secondary N) is 2. The van der Waals surface area contributed by atoms with Gasteiger partial charge in [-0.25, -0.2) is 9.59 Å². The molecule has 3 aromatic carbocycles. The van der Waals surface area contributed by atoms with Gasteiger partial charge in [0.2, 0.25) is 0 Å². The molecule has 0 atom stereocenters. The number of aromatic carboxylic acids is 2. The van der Waals surface area contributed by atoms with Gasteiger partial charge in [-0.2, -0.15) is 13.2 Å². The number of amides is 1. The highest BCUT2D eigenvalue weighted by atomic mass is 19.4. The van der Waals surface area contributed by atoms with Crippen LogP contribution in [-0.4, -0.2) is 40.9 Å². The molecule has 192 valence electrons. The van der Waals surface area contributed by atoms with Crippen LogP contribution in [-0.2, 0) is 6.18 Å². The molecule has 3 rings (SSSR count). The minimum Gasteiger partial charge on any atom is -0.478 e. The SMILES string of the molecule is CNc1ccc(-c2ccc(NC(=O)c3cc(C(C)=O)c(C(=O)O)cc3C(=O)O)cc2C(F)(F)F)c(C)c1. The highest BCUT2D eigenvalue weighted by Crippen LogP contribution is 2.40. The van der Waals surface area contributed by atoms with Crippen molar-refractivity contribution in [1.29, 1.82) is 0 Å². The number of hydrogen-bond donors (Lipinski definition) is 4. The van der Waals surface area contributed by atoms with Crippen molar-refractivity contribution >= 4 is 35.0 Å². The fourth-order valence-corrected chi connectivity index (χ4v) is 3.84. The van der Waals surface area contributed by atoms with Gasteiger partial charge in [-0.1, -0.05) is 12.1 Å². The quantitative estimate of drug-likeness (QED) is 0.303. The van der Waals surface area contributed by atoms with Crippen molar-refractivity contribution in [2.24, 2.45) is 0 Å². The molecule has 0 fully saturated rings. The Hall–Kier alpha value is -4.67. The third-order valence-corrected chi connectivity index (χ3v) is 5.63. The summed E-state index contributed by atoms with van der Waals surface area (Å²) in [5.74, 6) is -5.11. The lowest BCUT2D eigenvalue weighted by Gasteiger charge is -2.18. The summed E-state index contributed by atoms with van der Waals surface area (Å²) in [6, 6.07) is 9.45. The number of halogens is 3. The van der Waals surface area contributed by atoms with Gasteiger partial charge in [0, 0.05) is 24.0 Å². The first-order chi connectivity index (χ1) is 17.2. The number of benzene rings is 3. The van der Waals surface area contributed by atoms with Crippen LogP contribution in [0.3, 0.4) is 0 Å². The summed E-state index contributed by atoms with van der Waals surface area (Å²) in [4.78, 5) is 48.0. The van der Waals surface area contributed by atoms with Gasteiger partial charge in [0.1, 0.15) is 0 Å². The Balaban J connectivity index is 2.09. The Bertz CT molecular complexity index is 1450. The number of hydrogen-bond acceptors (Lipinski definition) is 5. The summed E-state index contributed by atoms with van der Waals surface area (Å²) in [5.41, 5.74) is -2.18. The van der Waals surface area contributed by atoms with E-state index in [2.05, 4.69) is 10.6 Å². The summed E-state index contributed by atoms with van der Waals surface area (Å²) in [7, 11) is 1.68. The van der Waals surface area contributed by atoms with E-state index < -0.39 is 57.6 Å². The molecular weight excluding hydrogens is 493 g/mol. The molecule has 0 saturated heterocycles. The number of alkyl halides is 3. The zero-order chi connectivity index (χ0) is 27.7. The van der Waals surface area contributed by atoms with Crippen molar-refractivity contribution in [3.63, 3.8) is 0 Å². The predicted octanol–water partition coefficient (Wildman–Crippen LogP) is 5.57. The summed E-state index contributed by atoms with van der Waals surface area (Å²) >= 11 is 0. The van der Waals surface area contributed by atoms with Crippen LogP contribution >= 0.6 is 0 Å². The van der Waals surface area contributed by atoms with E-state index in [9.17, 15) is 42.6 Å². The molecule has 8 nitrogen and oxygen atoms in total. The lowest BCUT2D eigenvalue weighted by molar-refractivity contribution is -0.137. The van der Waals surface area contributed by atoms with Gasteiger partial charge in [-0.05, 0) is 66.9 Å². The Morgan fingerprint density at radius 1 is 0.757 bits per heavy atom. The molecule has 0 heterocycles. The van der Waals surface area contributed by atoms with E-state index in [1.54, 1.807) is 26.1 Å².